The molecule has 0 aromatic rings. The Morgan fingerprint density at radius 1 is 1.18 bits per heavy atom. The quantitative estimate of drug-likeness (QED) is 0.772. The number of rotatable bonds is 4. The van der Waals surface area contributed by atoms with Crippen molar-refractivity contribution in [1.29, 1.82) is 0 Å². The van der Waals surface area contributed by atoms with Crippen LogP contribution in [0.15, 0.2) is 0 Å². The lowest BCUT2D eigenvalue weighted by molar-refractivity contribution is -0.131. The zero-order chi connectivity index (χ0) is 15.7. The van der Waals surface area contributed by atoms with Gasteiger partial charge in [-0.05, 0) is 44.7 Å². The second-order valence-electron chi connectivity index (χ2n) is 6.11. The number of piperidine rings is 1. The maximum Gasteiger partial charge on any atom is 0.236 e. The molecular formula is C16H34N4O2. The van der Waals surface area contributed by atoms with Gasteiger partial charge in [-0.15, -0.1) is 0 Å². The molecule has 2 fully saturated rings. The number of carbonyl (C=O) groups excluding carboxylic acids is 2. The summed E-state index contributed by atoms with van der Waals surface area (Å²) < 4.78 is 0. The Hall–Kier alpha value is -1.14. The molecule has 0 atom stereocenters. The van der Waals surface area contributed by atoms with Crippen molar-refractivity contribution in [2.75, 3.05) is 53.4 Å². The van der Waals surface area contributed by atoms with Crippen LogP contribution in [0.4, 0.5) is 0 Å². The smallest absolute Gasteiger partial charge is 0.236 e. The average molecular weight is 314 g/mol. The lowest BCUT2D eigenvalue weighted by Gasteiger charge is -2.33. The second kappa shape index (κ2) is 11.4. The number of carbonyl (C=O) groups is 2. The molecule has 0 aromatic carbocycles. The second-order valence-corrected chi connectivity index (χ2v) is 6.11. The Labute approximate surface area is 135 Å². The highest BCUT2D eigenvalue weighted by atomic mass is 16.2. The van der Waals surface area contributed by atoms with Crippen LogP contribution >= 0.6 is 0 Å². The van der Waals surface area contributed by atoms with E-state index in [1.54, 1.807) is 14.1 Å². The van der Waals surface area contributed by atoms with Gasteiger partial charge in [0.1, 0.15) is 0 Å². The Morgan fingerprint density at radius 3 is 2.09 bits per heavy atom. The van der Waals surface area contributed by atoms with Gasteiger partial charge in [-0.25, -0.2) is 0 Å². The van der Waals surface area contributed by atoms with Gasteiger partial charge in [0.15, 0.2) is 0 Å². The number of likely N-dealkylation sites (tertiary alicyclic amines) is 2. The van der Waals surface area contributed by atoms with Gasteiger partial charge in [-0.1, -0.05) is 7.43 Å². The summed E-state index contributed by atoms with van der Waals surface area (Å²) in [6.07, 6.45) is 5.79. The minimum absolute atomic E-state index is 0. The standard InChI is InChI=1S/C12H23N3O.C3H7NO.CH4/c13-9-12(16)15-7-3-11(4-8-15)10-14-5-1-2-6-14;1-4(2)3-5;/h11H,1-10,13H2;3H,1-2H3;1H4. The summed E-state index contributed by atoms with van der Waals surface area (Å²) in [5.74, 6) is 0.902. The predicted octanol–water partition coefficient (Wildman–Crippen LogP) is 0.620. The molecule has 2 amide bonds. The van der Waals surface area contributed by atoms with E-state index in [1.165, 1.54) is 37.4 Å². The molecule has 2 rings (SSSR count). The van der Waals surface area contributed by atoms with Crippen LogP contribution in [0.3, 0.4) is 0 Å². The minimum Gasteiger partial charge on any atom is -0.351 e. The summed E-state index contributed by atoms with van der Waals surface area (Å²) in [6, 6.07) is 0. The van der Waals surface area contributed by atoms with Gasteiger partial charge in [-0.3, -0.25) is 9.59 Å². The molecule has 0 spiro atoms. The molecule has 2 saturated heterocycles. The number of hydrogen-bond donors (Lipinski definition) is 1. The van der Waals surface area contributed by atoms with E-state index in [1.807, 2.05) is 4.90 Å². The zero-order valence-corrected chi connectivity index (χ0v) is 13.5. The molecule has 0 aromatic heterocycles. The maximum atomic E-state index is 11.4. The Kier molecular flexibility index (Phi) is 10.8. The molecule has 2 heterocycles. The summed E-state index contributed by atoms with van der Waals surface area (Å²) in [5, 5.41) is 0. The molecule has 0 radical (unpaired) electrons. The van der Waals surface area contributed by atoms with Crippen LogP contribution in [0.5, 0.6) is 0 Å². The summed E-state index contributed by atoms with van der Waals surface area (Å²) in [7, 11) is 3.38. The van der Waals surface area contributed by atoms with Crippen molar-refractivity contribution in [3.63, 3.8) is 0 Å². The van der Waals surface area contributed by atoms with Crippen molar-refractivity contribution in [2.24, 2.45) is 11.7 Å². The molecule has 2 N–H and O–H groups in total. The highest BCUT2D eigenvalue weighted by Gasteiger charge is 2.24. The fraction of sp³-hybridized carbons (Fsp3) is 0.875. The van der Waals surface area contributed by atoms with Crippen LogP contribution in [-0.4, -0.2) is 80.4 Å². The largest absolute Gasteiger partial charge is 0.351 e. The lowest BCUT2D eigenvalue weighted by Crippen LogP contribution is -2.43. The topological polar surface area (TPSA) is 69.9 Å². The third kappa shape index (κ3) is 7.75. The van der Waals surface area contributed by atoms with Crippen LogP contribution in [0.2, 0.25) is 0 Å². The van der Waals surface area contributed by atoms with Gasteiger partial charge in [-0.2, -0.15) is 0 Å². The molecule has 0 unspecified atom stereocenters. The first-order valence-corrected chi connectivity index (χ1v) is 7.88. The van der Waals surface area contributed by atoms with Gasteiger partial charge in [0.2, 0.25) is 12.3 Å². The highest BCUT2D eigenvalue weighted by Crippen LogP contribution is 2.20. The molecular weight excluding hydrogens is 280 g/mol. The van der Waals surface area contributed by atoms with Crippen molar-refractivity contribution in [1.82, 2.24) is 14.7 Å². The Balaban J connectivity index is 0.000000644. The summed E-state index contributed by atoms with van der Waals surface area (Å²) >= 11 is 0. The van der Waals surface area contributed by atoms with Crippen molar-refractivity contribution in [2.45, 2.75) is 33.1 Å². The third-order valence-corrected chi connectivity index (χ3v) is 4.07. The highest BCUT2D eigenvalue weighted by molar-refractivity contribution is 5.78. The van der Waals surface area contributed by atoms with Crippen molar-refractivity contribution in [3.8, 4) is 0 Å². The number of nitrogens with two attached hydrogens (primary N) is 1. The average Bonchev–Trinajstić information content (AvgIpc) is 3.00. The fourth-order valence-electron chi connectivity index (χ4n) is 2.82. The zero-order valence-electron chi connectivity index (χ0n) is 13.5. The van der Waals surface area contributed by atoms with Crippen molar-refractivity contribution >= 4 is 12.3 Å². The van der Waals surface area contributed by atoms with Gasteiger partial charge < -0.3 is 20.4 Å². The number of hydrogen-bond acceptors (Lipinski definition) is 4. The number of nitrogens with zero attached hydrogens (tertiary/aromatic N) is 3. The molecule has 6 heteroatoms. The first kappa shape index (κ1) is 20.9. The third-order valence-electron chi connectivity index (χ3n) is 4.07. The molecule has 22 heavy (non-hydrogen) atoms. The van der Waals surface area contributed by atoms with E-state index in [-0.39, 0.29) is 19.9 Å². The van der Waals surface area contributed by atoms with Gasteiger partial charge >= 0.3 is 0 Å². The molecule has 0 saturated carbocycles. The molecule has 0 aliphatic carbocycles. The normalized spacial score (nSPS) is 19.0. The first-order valence-electron chi connectivity index (χ1n) is 7.88. The van der Waals surface area contributed by atoms with E-state index < -0.39 is 0 Å². The van der Waals surface area contributed by atoms with E-state index in [0.717, 1.165) is 38.3 Å². The van der Waals surface area contributed by atoms with E-state index in [4.69, 9.17) is 5.73 Å². The number of amides is 2. The van der Waals surface area contributed by atoms with E-state index in [2.05, 4.69) is 4.90 Å². The monoisotopic (exact) mass is 314 g/mol. The SMILES string of the molecule is C.CN(C)C=O.NCC(=O)N1CCC(CN2CCCC2)CC1. The van der Waals surface area contributed by atoms with Gasteiger partial charge in [0.25, 0.3) is 0 Å². The molecule has 2 aliphatic rings. The van der Waals surface area contributed by atoms with Crippen molar-refractivity contribution in [3.05, 3.63) is 0 Å². The van der Waals surface area contributed by atoms with E-state index in [9.17, 15) is 9.59 Å². The van der Waals surface area contributed by atoms with Crippen molar-refractivity contribution < 1.29 is 9.59 Å². The molecule has 0 bridgehead atoms. The fourth-order valence-corrected chi connectivity index (χ4v) is 2.82. The lowest BCUT2D eigenvalue weighted by atomic mass is 9.96. The van der Waals surface area contributed by atoms with Crippen LogP contribution in [0.25, 0.3) is 0 Å². The van der Waals surface area contributed by atoms with E-state index >= 15 is 0 Å². The van der Waals surface area contributed by atoms with Crippen LogP contribution < -0.4 is 5.73 Å². The summed E-state index contributed by atoms with van der Waals surface area (Å²) in [4.78, 5) is 26.8. The predicted molar refractivity (Wildman–Crippen MR) is 90.5 cm³/mol. The molecule has 6 nitrogen and oxygen atoms in total. The van der Waals surface area contributed by atoms with Gasteiger partial charge in [0.05, 0.1) is 6.54 Å². The molecule has 2 aliphatic heterocycles. The molecule has 130 valence electrons. The summed E-state index contributed by atoms with van der Waals surface area (Å²) in [6.45, 7) is 5.79. The maximum absolute atomic E-state index is 11.4. The van der Waals surface area contributed by atoms with Crippen LogP contribution in [0, 0.1) is 5.92 Å². The summed E-state index contributed by atoms with van der Waals surface area (Å²) in [5.41, 5.74) is 5.37. The van der Waals surface area contributed by atoms with Crippen LogP contribution in [0.1, 0.15) is 33.1 Å². The Morgan fingerprint density at radius 2 is 1.68 bits per heavy atom. The first-order chi connectivity index (χ1) is 10.1. The Bertz CT molecular complexity index is 309. The van der Waals surface area contributed by atoms with E-state index in [0.29, 0.717) is 0 Å². The van der Waals surface area contributed by atoms with Crippen LogP contribution in [-0.2, 0) is 9.59 Å². The van der Waals surface area contributed by atoms with Gasteiger partial charge in [0, 0.05) is 33.7 Å². The minimum atomic E-state index is 0.